The van der Waals surface area contributed by atoms with E-state index in [0.717, 1.165) is 27.6 Å². The Bertz CT molecular complexity index is 1040. The summed E-state index contributed by atoms with van der Waals surface area (Å²) in [6.45, 7) is 2.14. The van der Waals surface area contributed by atoms with E-state index in [0.29, 0.717) is 5.02 Å². The molecule has 0 bridgehead atoms. The molecule has 0 amide bonds. The van der Waals surface area contributed by atoms with Crippen molar-refractivity contribution in [2.75, 3.05) is 0 Å². The van der Waals surface area contributed by atoms with Crippen LogP contribution in [0.3, 0.4) is 0 Å². The number of nitrogens with zero attached hydrogens (tertiary/aromatic N) is 3. The molecule has 0 saturated carbocycles. The molecule has 4 aromatic rings. The smallest absolute Gasteiger partial charge is 0.122 e. The first kappa shape index (κ1) is 16.2. The first-order chi connectivity index (χ1) is 12.2. The molecular weight excluding hydrogens is 350 g/mol. The highest BCUT2D eigenvalue weighted by Crippen LogP contribution is 2.29. The van der Waals surface area contributed by atoms with Crippen molar-refractivity contribution in [3.05, 3.63) is 83.1 Å². The van der Waals surface area contributed by atoms with Crippen LogP contribution in [0.4, 0.5) is 0 Å². The highest BCUT2D eigenvalue weighted by Gasteiger charge is 2.10. The molecule has 4 rings (SSSR count). The van der Waals surface area contributed by atoms with E-state index in [4.69, 9.17) is 11.6 Å². The molecule has 124 valence electrons. The Kier molecular flexibility index (Phi) is 4.47. The van der Waals surface area contributed by atoms with Gasteiger partial charge in [0.2, 0.25) is 0 Å². The third-order valence-electron chi connectivity index (χ3n) is 4.10. The third-order valence-corrected chi connectivity index (χ3v) is 5.38. The number of aryl methyl sites for hydroxylation is 1. The van der Waals surface area contributed by atoms with Crippen LogP contribution in [0.5, 0.6) is 0 Å². The molecule has 0 N–H and O–H groups in total. The highest BCUT2D eigenvalue weighted by atomic mass is 35.5. The van der Waals surface area contributed by atoms with E-state index in [1.165, 1.54) is 11.1 Å². The molecule has 0 atom stereocenters. The number of fused-ring (bicyclic) bond motifs is 1. The zero-order chi connectivity index (χ0) is 17.2. The van der Waals surface area contributed by atoms with Crippen molar-refractivity contribution in [1.82, 2.24) is 14.6 Å². The van der Waals surface area contributed by atoms with E-state index in [-0.39, 0.29) is 0 Å². The van der Waals surface area contributed by atoms with Crippen LogP contribution in [0, 0.1) is 6.92 Å². The van der Waals surface area contributed by atoms with E-state index in [1.807, 2.05) is 35.0 Å². The molecular formula is C20H16ClN3S. The van der Waals surface area contributed by atoms with Gasteiger partial charge in [0.1, 0.15) is 5.03 Å². The minimum atomic E-state index is 0.710. The van der Waals surface area contributed by atoms with Gasteiger partial charge in [-0.05, 0) is 36.2 Å². The summed E-state index contributed by atoms with van der Waals surface area (Å²) in [6, 6.07) is 18.3. The zero-order valence-corrected chi connectivity index (χ0v) is 15.3. The summed E-state index contributed by atoms with van der Waals surface area (Å²) in [6.07, 6.45) is 3.67. The number of rotatable bonds is 4. The van der Waals surface area contributed by atoms with Gasteiger partial charge in [-0.3, -0.25) is 0 Å². The van der Waals surface area contributed by atoms with Crippen molar-refractivity contribution in [3.8, 4) is 11.3 Å². The fourth-order valence-corrected chi connectivity index (χ4v) is 3.96. The van der Waals surface area contributed by atoms with E-state index < -0.39 is 0 Å². The van der Waals surface area contributed by atoms with Gasteiger partial charge in [0.15, 0.2) is 0 Å². The maximum atomic E-state index is 6.11. The number of hydrogen-bond donors (Lipinski definition) is 0. The zero-order valence-electron chi connectivity index (χ0n) is 13.7. The average Bonchev–Trinajstić information content (AvgIpc) is 3.06. The Morgan fingerprint density at radius 1 is 1.08 bits per heavy atom. The van der Waals surface area contributed by atoms with Gasteiger partial charge in [-0.1, -0.05) is 59.8 Å². The second-order valence-electron chi connectivity index (χ2n) is 5.82. The Hall–Kier alpha value is -2.30. The van der Waals surface area contributed by atoms with Crippen LogP contribution < -0.4 is 0 Å². The first-order valence-electron chi connectivity index (χ1n) is 7.98. The van der Waals surface area contributed by atoms with Gasteiger partial charge in [0, 0.05) is 28.7 Å². The summed E-state index contributed by atoms with van der Waals surface area (Å²) < 4.78 is 1.88. The average molecular weight is 366 g/mol. The van der Waals surface area contributed by atoms with Gasteiger partial charge < -0.3 is 0 Å². The van der Waals surface area contributed by atoms with Crippen LogP contribution in [-0.2, 0) is 5.75 Å². The van der Waals surface area contributed by atoms with Crippen LogP contribution in [0.1, 0.15) is 11.1 Å². The van der Waals surface area contributed by atoms with Crippen molar-refractivity contribution >= 4 is 28.9 Å². The van der Waals surface area contributed by atoms with E-state index >= 15 is 0 Å². The lowest BCUT2D eigenvalue weighted by molar-refractivity contribution is 0.920. The third kappa shape index (κ3) is 3.41. The van der Waals surface area contributed by atoms with Gasteiger partial charge >= 0.3 is 0 Å². The van der Waals surface area contributed by atoms with E-state index in [9.17, 15) is 0 Å². The second kappa shape index (κ2) is 6.90. The van der Waals surface area contributed by atoms with Gasteiger partial charge in [0.25, 0.3) is 0 Å². The topological polar surface area (TPSA) is 30.2 Å². The minimum absolute atomic E-state index is 0.710. The van der Waals surface area contributed by atoms with Crippen molar-refractivity contribution < 1.29 is 0 Å². The lowest BCUT2D eigenvalue weighted by atomic mass is 10.1. The molecule has 25 heavy (non-hydrogen) atoms. The summed E-state index contributed by atoms with van der Waals surface area (Å²) in [5.74, 6) is 0.886. The summed E-state index contributed by atoms with van der Waals surface area (Å²) in [4.78, 5) is 4.55. The largest absolute Gasteiger partial charge is 0.246 e. The SMILES string of the molecule is Cc1ccccc1CSc1nccn2nc(-c3cccc(Cl)c3)cc12. The van der Waals surface area contributed by atoms with Gasteiger partial charge in [-0.25, -0.2) is 9.50 Å². The summed E-state index contributed by atoms with van der Waals surface area (Å²) >= 11 is 7.84. The number of benzene rings is 2. The molecule has 3 nitrogen and oxygen atoms in total. The van der Waals surface area contributed by atoms with E-state index in [1.54, 1.807) is 18.0 Å². The van der Waals surface area contributed by atoms with Crippen LogP contribution in [0.2, 0.25) is 5.02 Å². The predicted molar refractivity (Wildman–Crippen MR) is 104 cm³/mol. The van der Waals surface area contributed by atoms with Gasteiger partial charge in [-0.2, -0.15) is 5.10 Å². The number of thioether (sulfide) groups is 1. The number of hydrogen-bond acceptors (Lipinski definition) is 3. The molecule has 2 aromatic carbocycles. The van der Waals surface area contributed by atoms with Crippen molar-refractivity contribution in [3.63, 3.8) is 0 Å². The molecule has 2 aromatic heterocycles. The second-order valence-corrected chi connectivity index (χ2v) is 7.22. The van der Waals surface area contributed by atoms with Gasteiger partial charge in [0.05, 0.1) is 11.2 Å². The first-order valence-corrected chi connectivity index (χ1v) is 9.35. The molecule has 0 fully saturated rings. The summed E-state index contributed by atoms with van der Waals surface area (Å²) in [7, 11) is 0. The van der Waals surface area contributed by atoms with Crippen LogP contribution in [0.25, 0.3) is 16.8 Å². The van der Waals surface area contributed by atoms with Crippen LogP contribution in [-0.4, -0.2) is 14.6 Å². The summed E-state index contributed by atoms with van der Waals surface area (Å²) in [5.41, 5.74) is 5.54. The van der Waals surface area contributed by atoms with Gasteiger partial charge in [-0.15, -0.1) is 0 Å². The molecule has 0 unspecified atom stereocenters. The molecule has 0 aliphatic heterocycles. The number of aromatic nitrogens is 3. The Morgan fingerprint density at radius 2 is 1.96 bits per heavy atom. The van der Waals surface area contributed by atoms with Crippen molar-refractivity contribution in [2.45, 2.75) is 17.7 Å². The number of halogens is 1. The fourth-order valence-electron chi connectivity index (χ4n) is 2.72. The molecule has 0 saturated heterocycles. The lowest BCUT2D eigenvalue weighted by Crippen LogP contribution is -1.92. The maximum Gasteiger partial charge on any atom is 0.122 e. The molecule has 0 aliphatic carbocycles. The van der Waals surface area contributed by atoms with Crippen molar-refractivity contribution in [1.29, 1.82) is 0 Å². The molecule has 5 heteroatoms. The Morgan fingerprint density at radius 3 is 2.80 bits per heavy atom. The molecule has 0 aliphatic rings. The quantitative estimate of drug-likeness (QED) is 0.438. The predicted octanol–water partition coefficient (Wildman–Crippen LogP) is 5.65. The van der Waals surface area contributed by atoms with Crippen LogP contribution in [0.15, 0.2) is 72.0 Å². The maximum absolute atomic E-state index is 6.11. The highest BCUT2D eigenvalue weighted by molar-refractivity contribution is 7.98. The molecule has 2 heterocycles. The lowest BCUT2D eigenvalue weighted by Gasteiger charge is -2.05. The van der Waals surface area contributed by atoms with Crippen LogP contribution >= 0.6 is 23.4 Å². The molecule has 0 radical (unpaired) electrons. The standard InChI is InChI=1S/C20H16ClN3S/c1-14-5-2-3-6-16(14)13-25-20-19-12-18(23-24(19)10-9-22-20)15-7-4-8-17(21)11-15/h2-12H,13H2,1H3. The monoisotopic (exact) mass is 365 g/mol. The minimum Gasteiger partial charge on any atom is -0.246 e. The normalized spacial score (nSPS) is 11.1. The van der Waals surface area contributed by atoms with Crippen molar-refractivity contribution in [2.24, 2.45) is 0 Å². The Labute approximate surface area is 155 Å². The molecule has 0 spiro atoms. The van der Waals surface area contributed by atoms with E-state index in [2.05, 4.69) is 47.3 Å². The fraction of sp³-hybridized carbons (Fsp3) is 0.100. The summed E-state index contributed by atoms with van der Waals surface area (Å²) in [5, 5.41) is 6.35. The Balaban J connectivity index is 1.67.